The molecule has 3 saturated heterocycles. The summed E-state index contributed by atoms with van der Waals surface area (Å²) in [4.78, 5) is 28.2. The number of amides is 2. The number of hydrogen-bond acceptors (Lipinski definition) is 3. The Bertz CT molecular complexity index is 366. The van der Waals surface area contributed by atoms with Gasteiger partial charge in [0.15, 0.2) is 0 Å². The van der Waals surface area contributed by atoms with Crippen molar-refractivity contribution in [3.63, 3.8) is 0 Å². The lowest BCUT2D eigenvalue weighted by molar-refractivity contribution is -0.137. The number of nitrogens with zero attached hydrogens (tertiary/aromatic N) is 2. The fourth-order valence-electron chi connectivity index (χ4n) is 3.60. The third kappa shape index (κ3) is 2.76. The van der Waals surface area contributed by atoms with Gasteiger partial charge in [-0.1, -0.05) is 0 Å². The van der Waals surface area contributed by atoms with E-state index >= 15 is 0 Å². The average molecular weight is 265 g/mol. The quantitative estimate of drug-likeness (QED) is 0.776. The van der Waals surface area contributed by atoms with Crippen molar-refractivity contribution in [3.8, 4) is 0 Å². The monoisotopic (exact) mass is 265 g/mol. The highest BCUT2D eigenvalue weighted by atomic mass is 16.2. The largest absolute Gasteiger partial charge is 0.355 e. The molecule has 0 saturated carbocycles. The van der Waals surface area contributed by atoms with Crippen LogP contribution < -0.4 is 5.32 Å². The maximum Gasteiger partial charge on any atom is 0.228 e. The maximum atomic E-state index is 12.4. The van der Waals surface area contributed by atoms with Crippen molar-refractivity contribution in [1.29, 1.82) is 0 Å². The normalized spacial score (nSPS) is 32.6. The molecule has 3 rings (SSSR count). The molecule has 5 heteroatoms. The second kappa shape index (κ2) is 5.49. The summed E-state index contributed by atoms with van der Waals surface area (Å²) >= 11 is 0. The van der Waals surface area contributed by atoms with Crippen molar-refractivity contribution < 1.29 is 9.59 Å². The standard InChI is InChI=1S/C14H23N3O2/c18-13-8-11(9-15-13)14(19)17-7-3-4-12(10-17)16-5-1-2-6-16/h11-12H,1-10H2,(H,15,18). The Morgan fingerprint density at radius 1 is 1.16 bits per heavy atom. The second-order valence-electron chi connectivity index (χ2n) is 6.03. The molecule has 3 aliphatic heterocycles. The molecule has 3 heterocycles. The van der Waals surface area contributed by atoms with Gasteiger partial charge in [0.05, 0.1) is 5.92 Å². The van der Waals surface area contributed by atoms with Gasteiger partial charge in [-0.25, -0.2) is 0 Å². The molecule has 0 bridgehead atoms. The first-order valence-corrected chi connectivity index (χ1v) is 7.53. The molecule has 0 spiro atoms. The Morgan fingerprint density at radius 3 is 2.63 bits per heavy atom. The van der Waals surface area contributed by atoms with Gasteiger partial charge in [0, 0.05) is 32.1 Å². The molecular weight excluding hydrogens is 242 g/mol. The van der Waals surface area contributed by atoms with Gasteiger partial charge in [0.25, 0.3) is 0 Å². The van der Waals surface area contributed by atoms with Gasteiger partial charge in [-0.05, 0) is 38.8 Å². The smallest absolute Gasteiger partial charge is 0.228 e. The topological polar surface area (TPSA) is 52.7 Å². The van der Waals surface area contributed by atoms with Crippen LogP contribution in [0.25, 0.3) is 0 Å². The van der Waals surface area contributed by atoms with Crippen LogP contribution in [0.5, 0.6) is 0 Å². The highest BCUT2D eigenvalue weighted by molar-refractivity contribution is 5.89. The van der Waals surface area contributed by atoms with Crippen molar-refractivity contribution in [2.24, 2.45) is 5.92 Å². The van der Waals surface area contributed by atoms with E-state index in [4.69, 9.17) is 0 Å². The van der Waals surface area contributed by atoms with E-state index in [1.54, 1.807) is 0 Å². The second-order valence-corrected chi connectivity index (χ2v) is 6.03. The maximum absolute atomic E-state index is 12.4. The minimum Gasteiger partial charge on any atom is -0.355 e. The van der Waals surface area contributed by atoms with E-state index in [9.17, 15) is 9.59 Å². The van der Waals surface area contributed by atoms with Gasteiger partial charge >= 0.3 is 0 Å². The average Bonchev–Trinajstić information content (AvgIpc) is 3.09. The van der Waals surface area contributed by atoms with Crippen LogP contribution in [-0.4, -0.2) is 60.4 Å². The van der Waals surface area contributed by atoms with Gasteiger partial charge in [-0.3, -0.25) is 14.5 Å². The van der Waals surface area contributed by atoms with Gasteiger partial charge in [-0.15, -0.1) is 0 Å². The minimum atomic E-state index is -0.121. The summed E-state index contributed by atoms with van der Waals surface area (Å²) in [6, 6.07) is 0.547. The van der Waals surface area contributed by atoms with Crippen LogP contribution in [-0.2, 0) is 9.59 Å². The molecule has 106 valence electrons. The highest BCUT2D eigenvalue weighted by Crippen LogP contribution is 2.22. The zero-order valence-electron chi connectivity index (χ0n) is 11.4. The molecule has 1 N–H and O–H groups in total. The van der Waals surface area contributed by atoms with E-state index in [0.29, 0.717) is 19.0 Å². The number of hydrogen-bond donors (Lipinski definition) is 1. The lowest BCUT2D eigenvalue weighted by Gasteiger charge is -2.38. The van der Waals surface area contributed by atoms with Crippen LogP contribution in [0.1, 0.15) is 32.1 Å². The molecule has 0 aromatic carbocycles. The third-order valence-electron chi connectivity index (χ3n) is 4.69. The van der Waals surface area contributed by atoms with Gasteiger partial charge < -0.3 is 10.2 Å². The SMILES string of the molecule is O=C1CC(C(=O)N2CCCC(N3CCCC3)C2)CN1. The highest BCUT2D eigenvalue weighted by Gasteiger charge is 2.35. The first kappa shape index (κ1) is 12.9. The third-order valence-corrected chi connectivity index (χ3v) is 4.69. The Balaban J connectivity index is 1.58. The summed E-state index contributed by atoms with van der Waals surface area (Å²) in [5.41, 5.74) is 0. The molecule has 3 aliphatic rings. The number of carbonyl (C=O) groups excluding carboxylic acids is 2. The van der Waals surface area contributed by atoms with Gasteiger partial charge in [0.1, 0.15) is 0 Å². The van der Waals surface area contributed by atoms with E-state index in [1.807, 2.05) is 4.90 Å². The number of likely N-dealkylation sites (tertiary alicyclic amines) is 2. The van der Waals surface area contributed by atoms with Gasteiger partial charge in [0.2, 0.25) is 11.8 Å². The van der Waals surface area contributed by atoms with E-state index in [0.717, 1.165) is 19.5 Å². The van der Waals surface area contributed by atoms with Crippen molar-refractivity contribution in [1.82, 2.24) is 15.1 Å². The van der Waals surface area contributed by atoms with Crippen molar-refractivity contribution in [2.45, 2.75) is 38.1 Å². The van der Waals surface area contributed by atoms with Crippen LogP contribution in [0.15, 0.2) is 0 Å². The molecule has 19 heavy (non-hydrogen) atoms. The minimum absolute atomic E-state index is 0.0199. The molecular formula is C14H23N3O2. The van der Waals surface area contributed by atoms with Crippen LogP contribution in [0.2, 0.25) is 0 Å². The van der Waals surface area contributed by atoms with Crippen molar-refractivity contribution >= 4 is 11.8 Å². The molecule has 2 atom stereocenters. The predicted molar refractivity (Wildman–Crippen MR) is 71.5 cm³/mol. The van der Waals surface area contributed by atoms with Gasteiger partial charge in [-0.2, -0.15) is 0 Å². The zero-order chi connectivity index (χ0) is 13.2. The number of nitrogens with one attached hydrogen (secondary N) is 1. The summed E-state index contributed by atoms with van der Waals surface area (Å²) < 4.78 is 0. The molecule has 0 radical (unpaired) electrons. The first-order valence-electron chi connectivity index (χ1n) is 7.53. The fourth-order valence-corrected chi connectivity index (χ4v) is 3.60. The van der Waals surface area contributed by atoms with Crippen LogP contribution in [0.4, 0.5) is 0 Å². The molecule has 3 fully saturated rings. The van der Waals surface area contributed by atoms with Crippen molar-refractivity contribution in [3.05, 3.63) is 0 Å². The Kier molecular flexibility index (Phi) is 3.73. The van der Waals surface area contributed by atoms with E-state index in [2.05, 4.69) is 10.2 Å². The lowest BCUT2D eigenvalue weighted by atomic mass is 10.0. The number of piperidine rings is 1. The van der Waals surface area contributed by atoms with Crippen LogP contribution in [0, 0.1) is 5.92 Å². The molecule has 5 nitrogen and oxygen atoms in total. The molecule has 0 aromatic heterocycles. The van der Waals surface area contributed by atoms with E-state index < -0.39 is 0 Å². The molecule has 0 aromatic rings. The summed E-state index contributed by atoms with van der Waals surface area (Å²) in [7, 11) is 0. The lowest BCUT2D eigenvalue weighted by Crippen LogP contribution is -2.50. The van der Waals surface area contributed by atoms with Crippen molar-refractivity contribution in [2.75, 3.05) is 32.7 Å². The van der Waals surface area contributed by atoms with E-state index in [1.165, 1.54) is 32.4 Å². The molecule has 0 aliphatic carbocycles. The summed E-state index contributed by atoms with van der Waals surface area (Å²) in [5.74, 6) is 0.0820. The Hall–Kier alpha value is -1.10. The number of carbonyl (C=O) groups is 2. The zero-order valence-corrected chi connectivity index (χ0v) is 11.4. The predicted octanol–water partition coefficient (Wildman–Crippen LogP) is 0.209. The molecule has 2 amide bonds. The van der Waals surface area contributed by atoms with E-state index in [-0.39, 0.29) is 17.7 Å². The summed E-state index contributed by atoms with van der Waals surface area (Å²) in [6.07, 6.45) is 5.29. The summed E-state index contributed by atoms with van der Waals surface area (Å²) in [6.45, 7) is 4.65. The van der Waals surface area contributed by atoms with Crippen LogP contribution >= 0.6 is 0 Å². The molecule has 2 unspecified atom stereocenters. The Labute approximate surface area is 114 Å². The van der Waals surface area contributed by atoms with Crippen LogP contribution in [0.3, 0.4) is 0 Å². The first-order chi connectivity index (χ1) is 9.24. The number of rotatable bonds is 2. The fraction of sp³-hybridized carbons (Fsp3) is 0.857. The summed E-state index contributed by atoms with van der Waals surface area (Å²) in [5, 5.41) is 2.76. The Morgan fingerprint density at radius 2 is 1.95 bits per heavy atom.